The van der Waals surface area contributed by atoms with Gasteiger partial charge in [0.2, 0.25) is 0 Å². The molecule has 1 aromatic carbocycles. The number of benzene rings is 1. The fraction of sp³-hybridized carbons (Fsp3) is 0.412. The summed E-state index contributed by atoms with van der Waals surface area (Å²) in [5.41, 5.74) is 1.17. The summed E-state index contributed by atoms with van der Waals surface area (Å²) in [5, 5.41) is 20.1. The Morgan fingerprint density at radius 2 is 1.96 bits per heavy atom. The number of pyridine rings is 1. The fourth-order valence-electron chi connectivity index (χ4n) is 2.31. The molecule has 0 bridgehead atoms. The third-order valence-corrected chi connectivity index (χ3v) is 7.55. The number of nitrogens with zero attached hydrogens (tertiary/aromatic N) is 1. The number of aromatic nitrogens is 1. The van der Waals surface area contributed by atoms with Gasteiger partial charge in [0.05, 0.1) is 5.52 Å². The number of aliphatic hydroxyl groups excluding tert-OH is 1. The van der Waals surface area contributed by atoms with Crippen LogP contribution in [0.1, 0.15) is 20.3 Å². The van der Waals surface area contributed by atoms with Crippen molar-refractivity contribution in [2.45, 2.75) is 37.1 Å². The van der Waals surface area contributed by atoms with E-state index in [1.807, 2.05) is 50.2 Å². The molecule has 2 aromatic rings. The van der Waals surface area contributed by atoms with Crippen LogP contribution in [0.4, 0.5) is 0 Å². The van der Waals surface area contributed by atoms with Crippen molar-refractivity contribution < 1.29 is 19.6 Å². The molecule has 4 atom stereocenters. The van der Waals surface area contributed by atoms with Gasteiger partial charge in [-0.3, -0.25) is 0 Å². The first-order chi connectivity index (χ1) is 11.4. The first-order valence-corrected chi connectivity index (χ1v) is 10.2. The smallest absolute Gasteiger partial charge is 0.352 e. The summed E-state index contributed by atoms with van der Waals surface area (Å²) in [7, 11) is -1.53. The Balaban J connectivity index is 1.92. The summed E-state index contributed by atoms with van der Waals surface area (Å²) >= 11 is 1.44. The molecule has 0 saturated heterocycles. The molecule has 7 heteroatoms. The SMILES string of the molecule is CC(CC(O)C(=O)O)C(C)[P+](=O)CSc1ccc2ccccc2n1. The lowest BCUT2D eigenvalue weighted by Gasteiger charge is -2.13. The molecule has 0 amide bonds. The van der Waals surface area contributed by atoms with E-state index < -0.39 is 19.9 Å². The maximum Gasteiger partial charge on any atom is 0.352 e. The van der Waals surface area contributed by atoms with Gasteiger partial charge >= 0.3 is 13.8 Å². The predicted octanol–water partition coefficient (Wildman–Crippen LogP) is 3.97. The van der Waals surface area contributed by atoms with E-state index >= 15 is 0 Å². The Hall–Kier alpha value is -1.49. The van der Waals surface area contributed by atoms with Crippen LogP contribution in [-0.4, -0.2) is 38.4 Å². The molecule has 0 fully saturated rings. The second-order valence-corrected chi connectivity index (χ2v) is 9.23. The molecule has 0 spiro atoms. The van der Waals surface area contributed by atoms with Gasteiger partial charge in [-0.1, -0.05) is 47.5 Å². The van der Waals surface area contributed by atoms with Crippen molar-refractivity contribution in [1.82, 2.24) is 4.98 Å². The Kier molecular flexibility index (Phi) is 6.72. The summed E-state index contributed by atoms with van der Waals surface area (Å²) in [6, 6.07) is 11.7. The van der Waals surface area contributed by atoms with E-state index in [9.17, 15) is 14.5 Å². The largest absolute Gasteiger partial charge is 0.479 e. The van der Waals surface area contributed by atoms with Crippen molar-refractivity contribution in [1.29, 1.82) is 0 Å². The van der Waals surface area contributed by atoms with Crippen molar-refractivity contribution in [2.24, 2.45) is 5.92 Å². The van der Waals surface area contributed by atoms with Gasteiger partial charge in [0, 0.05) is 11.3 Å². The minimum absolute atomic E-state index is 0.108. The van der Waals surface area contributed by atoms with E-state index in [2.05, 4.69) is 4.98 Å². The molecule has 0 saturated carbocycles. The van der Waals surface area contributed by atoms with Crippen molar-refractivity contribution in [3.8, 4) is 0 Å². The maximum absolute atomic E-state index is 12.4. The van der Waals surface area contributed by atoms with Gasteiger partial charge < -0.3 is 10.2 Å². The monoisotopic (exact) mass is 366 g/mol. The number of fused-ring (bicyclic) bond motifs is 1. The van der Waals surface area contributed by atoms with Gasteiger partial charge in [-0.05, 0) is 25.5 Å². The Morgan fingerprint density at radius 3 is 2.67 bits per heavy atom. The van der Waals surface area contributed by atoms with Crippen molar-refractivity contribution in [3.05, 3.63) is 36.4 Å². The van der Waals surface area contributed by atoms with E-state index in [1.54, 1.807) is 0 Å². The minimum atomic E-state index is -1.53. The molecule has 0 aliphatic carbocycles. The molecule has 2 N–H and O–H groups in total. The third kappa shape index (κ3) is 5.00. The number of hydrogen-bond acceptors (Lipinski definition) is 5. The zero-order chi connectivity index (χ0) is 17.7. The molecule has 2 rings (SSSR count). The maximum atomic E-state index is 12.4. The van der Waals surface area contributed by atoms with E-state index in [1.165, 1.54) is 11.8 Å². The van der Waals surface area contributed by atoms with Crippen LogP contribution in [0.3, 0.4) is 0 Å². The van der Waals surface area contributed by atoms with Crippen LogP contribution >= 0.6 is 19.6 Å². The molecular formula is C17H21NO4PS+. The van der Waals surface area contributed by atoms with Crippen LogP contribution in [0.2, 0.25) is 0 Å². The van der Waals surface area contributed by atoms with Crippen LogP contribution in [0.25, 0.3) is 10.9 Å². The van der Waals surface area contributed by atoms with Crippen LogP contribution in [-0.2, 0) is 9.36 Å². The number of aliphatic carboxylic acids is 1. The lowest BCUT2D eigenvalue weighted by molar-refractivity contribution is -0.147. The lowest BCUT2D eigenvalue weighted by Crippen LogP contribution is -2.25. The standard InChI is InChI=1S/C17H20NO4PS/c1-11(9-15(19)17(20)21)12(2)23(22)10-24-16-8-7-13-5-3-4-6-14(13)18-16/h3-8,11-12,15,19H,9-10H2,1-2H3/p+1. The third-order valence-electron chi connectivity index (χ3n) is 4.07. The first kappa shape index (κ1) is 18.8. The summed E-state index contributed by atoms with van der Waals surface area (Å²) < 4.78 is 12.4. The second kappa shape index (κ2) is 8.56. The Bertz CT molecular complexity index is 739. The molecule has 4 unspecified atom stereocenters. The van der Waals surface area contributed by atoms with Gasteiger partial charge in [0.25, 0.3) is 0 Å². The van der Waals surface area contributed by atoms with Gasteiger partial charge in [0.15, 0.2) is 17.3 Å². The molecule has 0 aliphatic heterocycles. The summed E-state index contributed by atoms with van der Waals surface area (Å²) in [6.07, 6.45) is -1.29. The lowest BCUT2D eigenvalue weighted by atomic mass is 10.0. The number of carbonyl (C=O) groups is 1. The fourth-order valence-corrected chi connectivity index (χ4v) is 5.30. The van der Waals surface area contributed by atoms with E-state index in [0.717, 1.165) is 15.9 Å². The topological polar surface area (TPSA) is 87.5 Å². The highest BCUT2D eigenvalue weighted by Crippen LogP contribution is 2.39. The molecule has 1 heterocycles. The van der Waals surface area contributed by atoms with E-state index in [0.29, 0.717) is 5.49 Å². The van der Waals surface area contributed by atoms with Crippen molar-refractivity contribution >= 4 is 36.4 Å². The van der Waals surface area contributed by atoms with Gasteiger partial charge in [-0.15, -0.1) is 0 Å². The number of para-hydroxylation sites is 1. The van der Waals surface area contributed by atoms with Crippen LogP contribution in [0, 0.1) is 5.92 Å². The Morgan fingerprint density at radius 1 is 1.25 bits per heavy atom. The van der Waals surface area contributed by atoms with Crippen molar-refractivity contribution in [2.75, 3.05) is 5.49 Å². The molecule has 0 aliphatic rings. The average molecular weight is 366 g/mol. The number of aliphatic hydroxyl groups is 1. The molecule has 24 heavy (non-hydrogen) atoms. The number of carboxylic acids is 1. The van der Waals surface area contributed by atoms with Crippen LogP contribution < -0.4 is 0 Å². The number of rotatable bonds is 8. The number of carboxylic acid groups (broad SMARTS) is 1. The van der Waals surface area contributed by atoms with Crippen LogP contribution in [0.15, 0.2) is 41.4 Å². The van der Waals surface area contributed by atoms with Gasteiger partial charge in [0.1, 0.15) is 5.03 Å². The van der Waals surface area contributed by atoms with Crippen molar-refractivity contribution in [3.63, 3.8) is 0 Å². The zero-order valence-electron chi connectivity index (χ0n) is 13.6. The van der Waals surface area contributed by atoms with Gasteiger partial charge in [-0.25, -0.2) is 9.78 Å². The summed E-state index contributed by atoms with van der Waals surface area (Å²) in [4.78, 5) is 15.2. The molecule has 0 radical (unpaired) electrons. The number of hydrogen-bond donors (Lipinski definition) is 2. The quantitative estimate of drug-likeness (QED) is 0.543. The molecule has 1 aromatic heterocycles. The predicted molar refractivity (Wildman–Crippen MR) is 97.0 cm³/mol. The zero-order valence-corrected chi connectivity index (χ0v) is 15.3. The normalized spacial score (nSPS) is 15.7. The van der Waals surface area contributed by atoms with E-state index in [4.69, 9.17) is 5.11 Å². The molecule has 128 valence electrons. The minimum Gasteiger partial charge on any atom is -0.479 e. The highest BCUT2D eigenvalue weighted by atomic mass is 32.2. The highest BCUT2D eigenvalue weighted by Gasteiger charge is 2.33. The average Bonchev–Trinajstić information content (AvgIpc) is 2.58. The summed E-state index contributed by atoms with van der Waals surface area (Å²) in [5.74, 6) is -1.37. The van der Waals surface area contributed by atoms with E-state index in [-0.39, 0.29) is 18.0 Å². The molecule has 5 nitrogen and oxygen atoms in total. The second-order valence-electron chi connectivity index (χ2n) is 5.84. The summed E-state index contributed by atoms with van der Waals surface area (Å²) in [6.45, 7) is 3.66. The van der Waals surface area contributed by atoms with Crippen LogP contribution in [0.5, 0.6) is 0 Å². The molecular weight excluding hydrogens is 345 g/mol. The highest BCUT2D eigenvalue weighted by molar-refractivity contribution is 8.03. The first-order valence-electron chi connectivity index (χ1n) is 7.71. The number of thioether (sulfide) groups is 1. The Labute approximate surface area is 146 Å². The van der Waals surface area contributed by atoms with Gasteiger partial charge in [-0.2, -0.15) is 0 Å².